The van der Waals surface area contributed by atoms with Crippen LogP contribution in [0.1, 0.15) is 88.7 Å². The number of nitrogens with zero attached hydrogens (tertiary/aromatic N) is 1. The quantitative estimate of drug-likeness (QED) is 0.267. The van der Waals surface area contributed by atoms with E-state index in [9.17, 15) is 18.0 Å². The van der Waals surface area contributed by atoms with Crippen LogP contribution in [0, 0.1) is 17.2 Å². The maximum absolute atomic E-state index is 16.1. The fourth-order valence-electron chi connectivity index (χ4n) is 8.74. The highest BCUT2D eigenvalue weighted by Gasteiger charge is 2.73. The van der Waals surface area contributed by atoms with Crippen molar-refractivity contribution in [2.45, 2.75) is 101 Å². The van der Waals surface area contributed by atoms with Gasteiger partial charge in [0.2, 0.25) is 11.8 Å². The van der Waals surface area contributed by atoms with Crippen LogP contribution in [0.25, 0.3) is 0 Å². The maximum Gasteiger partial charge on any atom is 0.238 e. The fraction of sp³-hybridized carbons (Fsp3) is 0.606. The molecule has 1 aromatic heterocycles. The molecule has 5 atom stereocenters. The average Bonchev–Trinajstić information content (AvgIpc) is 3.30. The van der Waals surface area contributed by atoms with E-state index >= 15 is 4.39 Å². The highest BCUT2D eigenvalue weighted by Crippen LogP contribution is 2.64. The summed E-state index contributed by atoms with van der Waals surface area (Å²) in [5, 5.41) is 10.1. The van der Waals surface area contributed by atoms with Gasteiger partial charge in [0.15, 0.2) is 11.0 Å². The second kappa shape index (κ2) is 11.8. The summed E-state index contributed by atoms with van der Waals surface area (Å²) in [6.07, 6.45) is 9.13. The Bertz CT molecular complexity index is 1630. The number of aromatic nitrogens is 1. The largest absolute Gasteiger partial charge is 0.352 e. The molecule has 0 bridgehead atoms. The average molecular weight is 680 g/mol. The van der Waals surface area contributed by atoms with Crippen molar-refractivity contribution in [3.8, 4) is 0 Å². The standard InChI is InChI=1S/C33H41Cl2FN4O4S/c1-31(2)12-14-32(15-13-31)33(23-10-8-20(34)17-24(23)39-30(33)42)25(22-11-16-37-28(35)26(22)36)27(40-32)29(41)38-21-6-4-5-19(7-9-21)18-45(3,43)44/h8,10-11,16-17,19,21,25,27,40H,4-7,9,12-15,18H2,1-3H3,(H,38,41)(H,39,42)/t19?,21-,25-,27+,33+/m0/s1. The zero-order chi connectivity index (χ0) is 32.4. The minimum Gasteiger partial charge on any atom is -0.352 e. The Morgan fingerprint density at radius 1 is 1.09 bits per heavy atom. The molecule has 1 saturated heterocycles. The van der Waals surface area contributed by atoms with E-state index in [4.69, 9.17) is 23.2 Å². The molecule has 1 aromatic carbocycles. The van der Waals surface area contributed by atoms with Crippen molar-refractivity contribution < 1.29 is 22.4 Å². The maximum atomic E-state index is 16.1. The van der Waals surface area contributed by atoms with Gasteiger partial charge in [-0.1, -0.05) is 49.5 Å². The van der Waals surface area contributed by atoms with Crippen LogP contribution in [0.2, 0.25) is 10.2 Å². The van der Waals surface area contributed by atoms with Crippen molar-refractivity contribution in [1.29, 1.82) is 0 Å². The van der Waals surface area contributed by atoms with Crippen molar-refractivity contribution in [1.82, 2.24) is 15.6 Å². The number of halogens is 3. The molecular formula is C33H41Cl2FN4O4S. The van der Waals surface area contributed by atoms with E-state index in [-0.39, 0.29) is 45.7 Å². The molecule has 2 amide bonds. The lowest BCUT2D eigenvalue weighted by Crippen LogP contribution is -2.61. The lowest BCUT2D eigenvalue weighted by atomic mass is 9.53. The Labute approximate surface area is 274 Å². The Hall–Kier alpha value is -2.27. The molecule has 8 nitrogen and oxygen atoms in total. The van der Waals surface area contributed by atoms with Crippen LogP contribution in [0.15, 0.2) is 30.5 Å². The van der Waals surface area contributed by atoms with E-state index in [1.165, 1.54) is 18.5 Å². The summed E-state index contributed by atoms with van der Waals surface area (Å²) in [7, 11) is -3.10. The van der Waals surface area contributed by atoms with Crippen molar-refractivity contribution in [3.05, 3.63) is 57.6 Å². The number of anilines is 1. The molecule has 3 fully saturated rings. The van der Waals surface area contributed by atoms with Crippen LogP contribution in [-0.4, -0.2) is 54.8 Å². The monoisotopic (exact) mass is 678 g/mol. The lowest BCUT2D eigenvalue weighted by Gasteiger charge is -2.50. The molecule has 45 heavy (non-hydrogen) atoms. The third kappa shape index (κ3) is 5.78. The van der Waals surface area contributed by atoms with Gasteiger partial charge in [0, 0.05) is 40.7 Å². The molecule has 2 saturated carbocycles. The molecule has 3 heterocycles. The predicted octanol–water partition coefficient (Wildman–Crippen LogP) is 5.92. The number of amides is 2. The van der Waals surface area contributed by atoms with Gasteiger partial charge < -0.3 is 10.6 Å². The van der Waals surface area contributed by atoms with Crippen LogP contribution in [0.4, 0.5) is 10.1 Å². The van der Waals surface area contributed by atoms with E-state index in [2.05, 4.69) is 34.8 Å². The number of hydrogen-bond acceptors (Lipinski definition) is 6. The molecule has 12 heteroatoms. The normalized spacial score (nSPS) is 30.6. The van der Waals surface area contributed by atoms with Gasteiger partial charge in [-0.3, -0.25) is 14.9 Å². The summed E-state index contributed by atoms with van der Waals surface area (Å²) in [5.74, 6) is -2.10. The van der Waals surface area contributed by atoms with Gasteiger partial charge >= 0.3 is 0 Å². The molecule has 2 aliphatic carbocycles. The summed E-state index contributed by atoms with van der Waals surface area (Å²) in [6, 6.07) is 5.69. The molecule has 6 rings (SSSR count). The van der Waals surface area contributed by atoms with Gasteiger partial charge in [-0.25, -0.2) is 17.8 Å². The lowest BCUT2D eigenvalue weighted by molar-refractivity contribution is -0.124. The molecule has 1 unspecified atom stereocenters. The molecule has 2 aromatic rings. The van der Waals surface area contributed by atoms with E-state index in [1.54, 1.807) is 12.1 Å². The topological polar surface area (TPSA) is 117 Å². The SMILES string of the molecule is CC1(C)CCC2(CC1)N[C@@H](C(=O)N[C@H]1CCCC(CS(C)(=O)=O)CC1)[C@H](c1ccnc(Cl)c1F)[C@]21C(=O)Nc2cc(Cl)ccc21. The first-order valence-corrected chi connectivity index (χ1v) is 18.6. The minimum atomic E-state index is -3.10. The molecule has 2 aliphatic heterocycles. The van der Waals surface area contributed by atoms with Crippen molar-refractivity contribution in [2.75, 3.05) is 17.3 Å². The zero-order valence-corrected chi connectivity index (χ0v) is 28.2. The van der Waals surface area contributed by atoms with Gasteiger partial charge in [-0.05, 0) is 92.0 Å². The van der Waals surface area contributed by atoms with E-state index in [0.717, 1.165) is 25.7 Å². The second-order valence-corrected chi connectivity index (χ2v) is 17.5. The van der Waals surface area contributed by atoms with E-state index in [0.29, 0.717) is 48.4 Å². The zero-order valence-electron chi connectivity index (χ0n) is 25.9. The number of benzene rings is 1. The van der Waals surface area contributed by atoms with Crippen LogP contribution in [0.3, 0.4) is 0 Å². The van der Waals surface area contributed by atoms with Crippen LogP contribution in [0.5, 0.6) is 0 Å². The summed E-state index contributed by atoms with van der Waals surface area (Å²) >= 11 is 12.6. The summed E-state index contributed by atoms with van der Waals surface area (Å²) in [4.78, 5) is 33.0. The first kappa shape index (κ1) is 32.7. The van der Waals surface area contributed by atoms with Gasteiger partial charge in [-0.2, -0.15) is 0 Å². The Morgan fingerprint density at radius 3 is 2.53 bits per heavy atom. The van der Waals surface area contributed by atoms with Crippen LogP contribution >= 0.6 is 23.2 Å². The van der Waals surface area contributed by atoms with Crippen molar-refractivity contribution in [3.63, 3.8) is 0 Å². The van der Waals surface area contributed by atoms with Gasteiger partial charge in [0.1, 0.15) is 15.3 Å². The number of fused-ring (bicyclic) bond motifs is 3. The number of hydrogen-bond donors (Lipinski definition) is 3. The Balaban J connectivity index is 1.44. The number of pyridine rings is 1. The summed E-state index contributed by atoms with van der Waals surface area (Å²) < 4.78 is 40.0. The summed E-state index contributed by atoms with van der Waals surface area (Å²) in [6.45, 7) is 4.41. The fourth-order valence-corrected chi connectivity index (χ4v) is 10.3. The van der Waals surface area contributed by atoms with Gasteiger partial charge in [-0.15, -0.1) is 0 Å². The first-order chi connectivity index (χ1) is 21.2. The van der Waals surface area contributed by atoms with Crippen molar-refractivity contribution in [2.24, 2.45) is 11.3 Å². The van der Waals surface area contributed by atoms with Crippen LogP contribution in [-0.2, 0) is 24.8 Å². The molecular weight excluding hydrogens is 638 g/mol. The number of rotatable bonds is 5. The highest BCUT2D eigenvalue weighted by molar-refractivity contribution is 7.90. The third-order valence-electron chi connectivity index (χ3n) is 10.9. The molecule has 4 aliphatic rings. The minimum absolute atomic E-state index is 0.0376. The van der Waals surface area contributed by atoms with Gasteiger partial charge in [0.05, 0.1) is 11.8 Å². The van der Waals surface area contributed by atoms with Crippen molar-refractivity contribution >= 4 is 50.5 Å². The van der Waals surface area contributed by atoms with Gasteiger partial charge in [0.25, 0.3) is 0 Å². The second-order valence-electron chi connectivity index (χ2n) is 14.5. The Kier molecular flexibility index (Phi) is 8.53. The van der Waals surface area contributed by atoms with Crippen LogP contribution < -0.4 is 16.0 Å². The number of nitrogens with one attached hydrogen (secondary N) is 3. The first-order valence-electron chi connectivity index (χ1n) is 15.8. The molecule has 0 radical (unpaired) electrons. The predicted molar refractivity (Wildman–Crippen MR) is 174 cm³/mol. The molecule has 2 spiro atoms. The molecule has 244 valence electrons. The Morgan fingerprint density at radius 2 is 1.82 bits per heavy atom. The van der Waals surface area contributed by atoms with E-state index in [1.807, 2.05) is 6.07 Å². The third-order valence-corrected chi connectivity index (χ3v) is 12.5. The summed E-state index contributed by atoms with van der Waals surface area (Å²) in [5.41, 5.74) is -0.737. The van der Waals surface area contributed by atoms with E-state index < -0.39 is 38.6 Å². The number of carbonyl (C=O) groups excluding carboxylic acids is 2. The number of sulfone groups is 1. The molecule has 3 N–H and O–H groups in total. The number of carbonyl (C=O) groups is 2. The smallest absolute Gasteiger partial charge is 0.238 e. The highest BCUT2D eigenvalue weighted by atomic mass is 35.5.